The molecule has 0 N–H and O–H groups in total. The van der Waals surface area contributed by atoms with Crippen LogP contribution in [-0.4, -0.2) is 56.1 Å². The van der Waals surface area contributed by atoms with Gasteiger partial charge in [-0.05, 0) is 42.3 Å². The number of halogens is 3. The highest BCUT2D eigenvalue weighted by Gasteiger charge is 2.27. The molecule has 3 heterocycles. The highest BCUT2D eigenvalue weighted by Crippen LogP contribution is 2.31. The maximum absolute atomic E-state index is 6.43. The van der Waals surface area contributed by atoms with Crippen molar-refractivity contribution in [1.29, 1.82) is 0 Å². The van der Waals surface area contributed by atoms with E-state index in [0.29, 0.717) is 66.0 Å². The van der Waals surface area contributed by atoms with Crippen molar-refractivity contribution in [2.24, 2.45) is 0 Å². The first kappa shape index (κ1) is 23.1. The third-order valence-electron chi connectivity index (χ3n) is 5.71. The Kier molecular flexibility index (Phi) is 6.74. The molecule has 0 radical (unpaired) electrons. The molecular formula is C23H22Cl3N7O. The molecule has 2 aromatic carbocycles. The van der Waals surface area contributed by atoms with Gasteiger partial charge in [-0.3, -0.25) is 0 Å². The molecule has 0 saturated carbocycles. The Morgan fingerprint density at radius 3 is 2.38 bits per heavy atom. The summed E-state index contributed by atoms with van der Waals surface area (Å²) in [5.74, 6) is 2.25. The van der Waals surface area contributed by atoms with Crippen LogP contribution in [0.2, 0.25) is 15.1 Å². The lowest BCUT2D eigenvalue weighted by atomic mass is 10.2. The highest BCUT2D eigenvalue weighted by molar-refractivity contribution is 6.34. The molecule has 0 aliphatic carbocycles. The van der Waals surface area contributed by atoms with Crippen LogP contribution < -0.4 is 4.90 Å². The van der Waals surface area contributed by atoms with E-state index >= 15 is 0 Å². The summed E-state index contributed by atoms with van der Waals surface area (Å²) in [6.45, 7) is 5.57. The second-order valence-electron chi connectivity index (χ2n) is 8.04. The maximum atomic E-state index is 6.43. The molecule has 1 aliphatic heterocycles. The Morgan fingerprint density at radius 1 is 0.912 bits per heavy atom. The summed E-state index contributed by atoms with van der Waals surface area (Å²) in [7, 11) is 0. The molecule has 0 bridgehead atoms. The predicted molar refractivity (Wildman–Crippen MR) is 133 cm³/mol. The summed E-state index contributed by atoms with van der Waals surface area (Å²) in [5.41, 5.74) is 2.56. The number of benzene rings is 2. The van der Waals surface area contributed by atoms with Crippen molar-refractivity contribution in [3.05, 3.63) is 74.5 Å². The van der Waals surface area contributed by atoms with Crippen LogP contribution in [0.1, 0.15) is 17.0 Å². The van der Waals surface area contributed by atoms with Gasteiger partial charge in [-0.25, -0.2) is 4.68 Å². The number of anilines is 1. The van der Waals surface area contributed by atoms with Gasteiger partial charge < -0.3 is 14.2 Å². The lowest BCUT2D eigenvalue weighted by molar-refractivity contribution is 0.122. The van der Waals surface area contributed by atoms with Crippen molar-refractivity contribution in [2.45, 2.75) is 20.0 Å². The van der Waals surface area contributed by atoms with E-state index in [2.05, 4.69) is 25.4 Å². The average Bonchev–Trinajstić information content (AvgIpc) is 3.38. The third-order valence-corrected chi connectivity index (χ3v) is 6.51. The molecule has 34 heavy (non-hydrogen) atoms. The molecule has 0 amide bonds. The summed E-state index contributed by atoms with van der Waals surface area (Å²) in [4.78, 5) is 2.22. The van der Waals surface area contributed by atoms with Gasteiger partial charge in [0.05, 0.1) is 26.3 Å². The van der Waals surface area contributed by atoms with E-state index in [4.69, 9.17) is 39.5 Å². The Bertz CT molecular complexity index is 1290. The van der Waals surface area contributed by atoms with Gasteiger partial charge in [0.2, 0.25) is 0 Å². The molecule has 8 nitrogen and oxygen atoms in total. The van der Waals surface area contributed by atoms with Gasteiger partial charge in [-0.2, -0.15) is 0 Å². The number of nitrogens with zero attached hydrogens (tertiary/aromatic N) is 7. The number of rotatable bonds is 6. The molecule has 176 valence electrons. The number of morpholine rings is 1. The first-order valence-electron chi connectivity index (χ1n) is 10.8. The summed E-state index contributed by atoms with van der Waals surface area (Å²) in [6, 6.07) is 13.2. The van der Waals surface area contributed by atoms with E-state index in [1.807, 2.05) is 52.6 Å². The number of hydrogen-bond acceptors (Lipinski definition) is 6. The van der Waals surface area contributed by atoms with E-state index in [1.54, 1.807) is 6.07 Å². The summed E-state index contributed by atoms with van der Waals surface area (Å²) in [6.07, 6.45) is 0. The fraction of sp³-hybridized carbons (Fsp3) is 0.304. The van der Waals surface area contributed by atoms with Gasteiger partial charge in [0.25, 0.3) is 0 Å². The molecule has 1 saturated heterocycles. The smallest absolute Gasteiger partial charge is 0.188 e. The lowest BCUT2D eigenvalue weighted by Gasteiger charge is -2.29. The standard InChI is InChI=1S/C23H22Cl3N7O/c1-15-27-29-22(32(15)14-17-4-2-3-5-20(17)26)21-23(31-6-8-34-9-7-31)33(30-28-21)13-16-10-18(24)12-19(25)11-16/h2-5,10-12H,6-9,13-14H2,1H3. The van der Waals surface area contributed by atoms with Gasteiger partial charge in [0.1, 0.15) is 5.82 Å². The lowest BCUT2D eigenvalue weighted by Crippen LogP contribution is -2.38. The molecule has 4 aromatic rings. The topological polar surface area (TPSA) is 73.9 Å². The average molecular weight is 519 g/mol. The molecule has 11 heteroatoms. The first-order valence-corrected chi connectivity index (χ1v) is 12.0. The van der Waals surface area contributed by atoms with E-state index in [1.165, 1.54) is 0 Å². The number of aromatic nitrogens is 6. The van der Waals surface area contributed by atoms with Crippen LogP contribution in [0.3, 0.4) is 0 Å². The maximum Gasteiger partial charge on any atom is 0.188 e. The molecular weight excluding hydrogens is 497 g/mol. The summed E-state index contributed by atoms with van der Waals surface area (Å²) >= 11 is 18.9. The zero-order valence-corrected chi connectivity index (χ0v) is 20.7. The minimum absolute atomic E-state index is 0.456. The second-order valence-corrected chi connectivity index (χ2v) is 9.32. The van der Waals surface area contributed by atoms with E-state index in [9.17, 15) is 0 Å². The number of ether oxygens (including phenoxy) is 1. The number of aryl methyl sites for hydroxylation is 1. The molecule has 0 spiro atoms. The molecule has 0 unspecified atom stereocenters. The predicted octanol–water partition coefficient (Wildman–Crippen LogP) is 4.74. The van der Waals surface area contributed by atoms with Gasteiger partial charge in [0, 0.05) is 28.2 Å². The fourth-order valence-electron chi connectivity index (χ4n) is 4.07. The SMILES string of the molecule is Cc1nnc(-c2nnn(Cc3cc(Cl)cc(Cl)c3)c2N2CCOCC2)n1Cc1ccccc1Cl. The summed E-state index contributed by atoms with van der Waals surface area (Å²) < 4.78 is 9.44. The van der Waals surface area contributed by atoms with E-state index in [0.717, 1.165) is 22.8 Å². The van der Waals surface area contributed by atoms with Gasteiger partial charge in [-0.15, -0.1) is 15.3 Å². The van der Waals surface area contributed by atoms with Crippen molar-refractivity contribution >= 4 is 40.6 Å². The van der Waals surface area contributed by atoms with Crippen molar-refractivity contribution in [1.82, 2.24) is 29.8 Å². The minimum atomic E-state index is 0.456. The monoisotopic (exact) mass is 517 g/mol. The van der Waals surface area contributed by atoms with Crippen molar-refractivity contribution in [3.63, 3.8) is 0 Å². The first-order chi connectivity index (χ1) is 16.5. The fourth-order valence-corrected chi connectivity index (χ4v) is 4.83. The Hall–Kier alpha value is -2.65. The van der Waals surface area contributed by atoms with Crippen LogP contribution in [0.4, 0.5) is 5.82 Å². The highest BCUT2D eigenvalue weighted by atomic mass is 35.5. The quantitative estimate of drug-likeness (QED) is 0.367. The third kappa shape index (κ3) is 4.77. The van der Waals surface area contributed by atoms with Crippen LogP contribution in [0.15, 0.2) is 42.5 Å². The van der Waals surface area contributed by atoms with Gasteiger partial charge in [-0.1, -0.05) is 58.2 Å². The molecule has 5 rings (SSSR count). The van der Waals surface area contributed by atoms with Crippen molar-refractivity contribution in [3.8, 4) is 11.5 Å². The van der Waals surface area contributed by atoms with E-state index in [-0.39, 0.29) is 0 Å². The molecule has 0 atom stereocenters. The summed E-state index contributed by atoms with van der Waals surface area (Å²) in [5, 5.41) is 19.7. The van der Waals surface area contributed by atoms with Crippen molar-refractivity contribution in [2.75, 3.05) is 31.2 Å². The number of hydrogen-bond donors (Lipinski definition) is 0. The zero-order chi connectivity index (χ0) is 23.7. The van der Waals surface area contributed by atoms with Crippen LogP contribution in [0, 0.1) is 6.92 Å². The normalized spacial score (nSPS) is 14.1. The minimum Gasteiger partial charge on any atom is -0.378 e. The van der Waals surface area contributed by atoms with Crippen LogP contribution in [0.5, 0.6) is 0 Å². The van der Waals surface area contributed by atoms with Crippen LogP contribution in [-0.2, 0) is 17.8 Å². The Labute approximate surface area is 212 Å². The Morgan fingerprint density at radius 2 is 1.65 bits per heavy atom. The van der Waals surface area contributed by atoms with Gasteiger partial charge in [0.15, 0.2) is 17.3 Å². The van der Waals surface area contributed by atoms with Crippen molar-refractivity contribution < 1.29 is 4.74 Å². The molecule has 1 aliphatic rings. The largest absolute Gasteiger partial charge is 0.378 e. The second kappa shape index (κ2) is 9.92. The molecule has 2 aromatic heterocycles. The Balaban J connectivity index is 1.58. The van der Waals surface area contributed by atoms with Gasteiger partial charge >= 0.3 is 0 Å². The van der Waals surface area contributed by atoms with Crippen LogP contribution >= 0.6 is 34.8 Å². The van der Waals surface area contributed by atoms with Crippen LogP contribution in [0.25, 0.3) is 11.5 Å². The zero-order valence-electron chi connectivity index (χ0n) is 18.5. The van der Waals surface area contributed by atoms with E-state index < -0.39 is 0 Å². The molecule has 1 fully saturated rings.